The maximum atomic E-state index is 14.3. The third-order valence-corrected chi connectivity index (χ3v) is 8.71. The number of methoxy groups -OCH3 is 1. The number of allylic oxidation sites excluding steroid dienone is 1. The second kappa shape index (κ2) is 15.5. The van der Waals surface area contributed by atoms with Crippen LogP contribution in [-0.4, -0.2) is 43.4 Å². The smallest absolute Gasteiger partial charge is 0.343 e. The molecular weight excluding hydrogens is 679 g/mol. The number of thiazole rings is 1. The van der Waals surface area contributed by atoms with Crippen LogP contribution in [0.4, 0.5) is 0 Å². The summed E-state index contributed by atoms with van der Waals surface area (Å²) in [4.78, 5) is 44.4. The molecule has 3 aromatic carbocycles. The summed E-state index contributed by atoms with van der Waals surface area (Å²) in [6, 6.07) is 16.9. The lowest BCUT2D eigenvalue weighted by Gasteiger charge is -2.25. The number of hydrogen-bond acceptors (Lipinski definition) is 10. The summed E-state index contributed by atoms with van der Waals surface area (Å²) in [5.41, 5.74) is 2.15. The first kappa shape index (κ1) is 34.7. The summed E-state index contributed by atoms with van der Waals surface area (Å²) in [7, 11) is 1.26. The molecule has 0 unspecified atom stereocenters. The van der Waals surface area contributed by atoms with Crippen molar-refractivity contribution in [2.24, 2.45) is 4.99 Å². The number of halogens is 2. The van der Waals surface area contributed by atoms with Crippen molar-refractivity contribution in [2.45, 2.75) is 33.4 Å². The first-order chi connectivity index (χ1) is 23.1. The number of benzene rings is 3. The first-order valence-electron chi connectivity index (χ1n) is 15.0. The Morgan fingerprint density at radius 1 is 0.979 bits per heavy atom. The number of rotatable bonds is 12. The molecular formula is C35H32Cl2N2O8S. The van der Waals surface area contributed by atoms with E-state index in [0.29, 0.717) is 42.7 Å². The Hall–Kier alpha value is -4.58. The van der Waals surface area contributed by atoms with E-state index in [1.807, 2.05) is 30.3 Å². The Kier molecular flexibility index (Phi) is 11.3. The van der Waals surface area contributed by atoms with Gasteiger partial charge in [-0.15, -0.1) is 0 Å². The van der Waals surface area contributed by atoms with E-state index in [4.69, 9.17) is 42.1 Å². The Balaban J connectivity index is 1.65. The van der Waals surface area contributed by atoms with Crippen molar-refractivity contribution in [1.82, 2.24) is 4.57 Å². The fourth-order valence-electron chi connectivity index (χ4n) is 5.10. The van der Waals surface area contributed by atoms with Gasteiger partial charge in [0, 0.05) is 10.6 Å². The lowest BCUT2D eigenvalue weighted by Crippen LogP contribution is -2.40. The largest absolute Gasteiger partial charge is 0.490 e. The Bertz CT molecular complexity index is 2060. The predicted octanol–water partition coefficient (Wildman–Crippen LogP) is 5.63. The highest BCUT2D eigenvalue weighted by Crippen LogP contribution is 2.37. The standard InChI is InChI=1S/C35H32Cl2N2O8S/c1-5-44-27-15-22(12-13-26(27)46-19-29(40)43-4)31-30(34(42)45-6-2)20(3)38-35-39(31)33(41)28(48-35)16-23-14-24(36)17-25(37)32(23)47-18-21-10-8-7-9-11-21/h7-17,31H,5-6,18-19H2,1-4H3/b28-16+/t31-/m0/s1. The van der Waals surface area contributed by atoms with Gasteiger partial charge in [-0.1, -0.05) is 70.9 Å². The van der Waals surface area contributed by atoms with Gasteiger partial charge in [0.25, 0.3) is 5.56 Å². The number of ether oxygens (including phenoxy) is 5. The van der Waals surface area contributed by atoms with Gasteiger partial charge in [0.1, 0.15) is 12.4 Å². The highest BCUT2D eigenvalue weighted by molar-refractivity contribution is 7.07. The van der Waals surface area contributed by atoms with E-state index in [0.717, 1.165) is 16.9 Å². The van der Waals surface area contributed by atoms with Crippen LogP contribution in [0.3, 0.4) is 0 Å². The molecule has 0 amide bonds. The summed E-state index contributed by atoms with van der Waals surface area (Å²) in [5.74, 6) is -0.211. The zero-order valence-corrected chi connectivity index (χ0v) is 28.9. The lowest BCUT2D eigenvalue weighted by molar-refractivity contribution is -0.143. The number of nitrogens with zero attached hydrogens (tertiary/aromatic N) is 2. The van der Waals surface area contributed by atoms with Gasteiger partial charge in [0.2, 0.25) is 0 Å². The molecule has 0 N–H and O–H groups in total. The van der Waals surface area contributed by atoms with Crippen LogP contribution >= 0.6 is 34.5 Å². The van der Waals surface area contributed by atoms with E-state index in [1.165, 1.54) is 11.7 Å². The van der Waals surface area contributed by atoms with E-state index >= 15 is 0 Å². The van der Waals surface area contributed by atoms with Gasteiger partial charge in [-0.05, 0) is 62.2 Å². The quantitative estimate of drug-likeness (QED) is 0.174. The zero-order chi connectivity index (χ0) is 34.4. The van der Waals surface area contributed by atoms with Crippen LogP contribution in [-0.2, 0) is 25.7 Å². The maximum absolute atomic E-state index is 14.3. The zero-order valence-electron chi connectivity index (χ0n) is 26.6. The number of carbonyl (C=O) groups is 2. The van der Waals surface area contributed by atoms with Gasteiger partial charge >= 0.3 is 11.9 Å². The first-order valence-corrected chi connectivity index (χ1v) is 16.5. The van der Waals surface area contributed by atoms with Crippen molar-refractivity contribution < 1.29 is 33.3 Å². The predicted molar refractivity (Wildman–Crippen MR) is 183 cm³/mol. The second-order valence-corrected chi connectivity index (χ2v) is 12.2. The molecule has 1 aliphatic heterocycles. The maximum Gasteiger partial charge on any atom is 0.343 e. The molecule has 0 aliphatic carbocycles. The molecule has 0 saturated carbocycles. The Morgan fingerprint density at radius 3 is 2.46 bits per heavy atom. The van der Waals surface area contributed by atoms with Crippen molar-refractivity contribution in [3.05, 3.63) is 118 Å². The number of hydrogen-bond donors (Lipinski definition) is 0. The molecule has 0 bridgehead atoms. The van der Waals surface area contributed by atoms with Gasteiger partial charge < -0.3 is 23.7 Å². The van der Waals surface area contributed by atoms with Crippen LogP contribution in [0.25, 0.3) is 6.08 Å². The van der Waals surface area contributed by atoms with E-state index in [9.17, 15) is 14.4 Å². The molecule has 0 fully saturated rings. The molecule has 13 heteroatoms. The van der Waals surface area contributed by atoms with Crippen LogP contribution in [0, 0.1) is 0 Å². The molecule has 0 radical (unpaired) electrons. The minimum absolute atomic E-state index is 0.124. The SMILES string of the molecule is CCOC(=O)C1=C(C)N=c2s/c(=C/c3cc(Cl)cc(Cl)c3OCc3ccccc3)c(=O)n2[C@H]1c1ccc(OCC(=O)OC)c(OCC)c1. The fraction of sp³-hybridized carbons (Fsp3) is 0.257. The molecule has 5 rings (SSSR count). The number of aromatic nitrogens is 1. The lowest BCUT2D eigenvalue weighted by atomic mass is 9.95. The summed E-state index contributed by atoms with van der Waals surface area (Å²) in [6.45, 7) is 5.52. The van der Waals surface area contributed by atoms with Gasteiger partial charge in [0.15, 0.2) is 22.9 Å². The summed E-state index contributed by atoms with van der Waals surface area (Å²) < 4.78 is 29.4. The Labute approximate surface area is 290 Å². The highest BCUT2D eigenvalue weighted by Gasteiger charge is 2.34. The number of carbonyl (C=O) groups excluding carboxylic acids is 2. The van der Waals surface area contributed by atoms with Crippen LogP contribution in [0.2, 0.25) is 10.0 Å². The van der Waals surface area contributed by atoms with Crippen LogP contribution in [0.15, 0.2) is 81.7 Å². The third-order valence-electron chi connectivity index (χ3n) is 7.22. The molecule has 250 valence electrons. The second-order valence-electron chi connectivity index (χ2n) is 10.4. The molecule has 2 heterocycles. The van der Waals surface area contributed by atoms with Crippen LogP contribution in [0.1, 0.15) is 43.5 Å². The summed E-state index contributed by atoms with van der Waals surface area (Å²) in [5, 5.41) is 0.649. The van der Waals surface area contributed by atoms with Crippen LogP contribution in [0.5, 0.6) is 17.2 Å². The normalized spacial score (nSPS) is 14.2. The number of esters is 2. The van der Waals surface area contributed by atoms with Gasteiger partial charge in [-0.3, -0.25) is 9.36 Å². The topological polar surface area (TPSA) is 115 Å². The van der Waals surface area contributed by atoms with E-state index in [-0.39, 0.29) is 42.8 Å². The van der Waals surface area contributed by atoms with Crippen LogP contribution < -0.4 is 29.1 Å². The molecule has 10 nitrogen and oxygen atoms in total. The van der Waals surface area contributed by atoms with Crippen molar-refractivity contribution in [3.8, 4) is 17.2 Å². The van der Waals surface area contributed by atoms with Crippen molar-refractivity contribution in [2.75, 3.05) is 26.9 Å². The van der Waals surface area contributed by atoms with Gasteiger partial charge in [0.05, 0.1) is 47.2 Å². The van der Waals surface area contributed by atoms with Crippen molar-refractivity contribution in [1.29, 1.82) is 0 Å². The molecule has 1 atom stereocenters. The van der Waals surface area contributed by atoms with Gasteiger partial charge in [-0.25, -0.2) is 14.6 Å². The van der Waals surface area contributed by atoms with Crippen molar-refractivity contribution >= 4 is 52.6 Å². The molecule has 0 spiro atoms. The molecule has 4 aromatic rings. The van der Waals surface area contributed by atoms with E-state index in [2.05, 4.69) is 9.73 Å². The fourth-order valence-corrected chi connectivity index (χ4v) is 6.70. The molecule has 1 aliphatic rings. The average Bonchev–Trinajstić information content (AvgIpc) is 3.37. The average molecular weight is 712 g/mol. The molecule has 1 aromatic heterocycles. The monoisotopic (exact) mass is 710 g/mol. The Morgan fingerprint density at radius 2 is 1.75 bits per heavy atom. The molecule has 0 saturated heterocycles. The number of fused-ring (bicyclic) bond motifs is 1. The minimum atomic E-state index is -0.923. The summed E-state index contributed by atoms with van der Waals surface area (Å²) >= 11 is 14.1. The van der Waals surface area contributed by atoms with E-state index in [1.54, 1.807) is 57.2 Å². The van der Waals surface area contributed by atoms with E-state index < -0.39 is 23.5 Å². The minimum Gasteiger partial charge on any atom is -0.490 e. The van der Waals surface area contributed by atoms with Gasteiger partial charge in [-0.2, -0.15) is 0 Å². The third kappa shape index (κ3) is 7.59. The summed E-state index contributed by atoms with van der Waals surface area (Å²) in [6.07, 6.45) is 1.65. The molecule has 48 heavy (non-hydrogen) atoms. The van der Waals surface area contributed by atoms with Crippen molar-refractivity contribution in [3.63, 3.8) is 0 Å². The highest BCUT2D eigenvalue weighted by atomic mass is 35.5.